The van der Waals surface area contributed by atoms with Crippen LogP contribution in [0.4, 0.5) is 0 Å². The minimum Gasteiger partial charge on any atom is -0.497 e. The molecule has 3 heterocycles. The van der Waals surface area contributed by atoms with Crippen LogP contribution in [0.15, 0.2) is 42.2 Å². The van der Waals surface area contributed by atoms with Gasteiger partial charge in [-0.25, -0.2) is 8.42 Å². The van der Waals surface area contributed by atoms with Crippen molar-refractivity contribution < 1.29 is 27.4 Å². The molecule has 1 fully saturated rings. The Bertz CT molecular complexity index is 1150. The number of benzene rings is 2. The molecule has 8 heteroatoms. The van der Waals surface area contributed by atoms with Gasteiger partial charge in [0.15, 0.2) is 15.6 Å². The average Bonchev–Trinajstić information content (AvgIpc) is 3.27. The first-order valence-corrected chi connectivity index (χ1v) is 11.6. The van der Waals surface area contributed by atoms with Crippen LogP contribution in [-0.4, -0.2) is 50.5 Å². The predicted octanol–water partition coefficient (Wildman–Crippen LogP) is 2.65. The number of hydrogen-bond donors (Lipinski definition) is 0. The summed E-state index contributed by atoms with van der Waals surface area (Å²) in [6.45, 7) is 0.816. The number of Topliss-reactive ketones (excluding diaryl/α,β-unsaturated/α-hetero) is 1. The van der Waals surface area contributed by atoms with E-state index < -0.39 is 9.84 Å². The molecule has 0 bridgehead atoms. The van der Waals surface area contributed by atoms with Gasteiger partial charge in [-0.1, -0.05) is 12.1 Å². The Hall–Kier alpha value is -2.84. The minimum absolute atomic E-state index is 0.0783. The van der Waals surface area contributed by atoms with Gasteiger partial charge >= 0.3 is 0 Å². The molecular weight excluding hydrogens is 406 g/mol. The van der Waals surface area contributed by atoms with Gasteiger partial charge in [0.25, 0.3) is 0 Å². The maximum Gasteiger partial charge on any atom is 0.231 e. The van der Waals surface area contributed by atoms with Crippen LogP contribution in [0.25, 0.3) is 6.08 Å². The molecule has 2 aromatic carbocycles. The number of fused-ring (bicyclic) bond motifs is 3. The number of methoxy groups -OCH3 is 1. The quantitative estimate of drug-likeness (QED) is 0.697. The van der Waals surface area contributed by atoms with Crippen LogP contribution in [0.1, 0.15) is 27.9 Å². The Balaban J connectivity index is 1.43. The van der Waals surface area contributed by atoms with Gasteiger partial charge in [-0.2, -0.15) is 0 Å². The zero-order chi connectivity index (χ0) is 20.9. The first-order valence-electron chi connectivity index (χ1n) is 9.75. The molecule has 0 N–H and O–H groups in total. The molecule has 0 saturated carbocycles. The van der Waals surface area contributed by atoms with Gasteiger partial charge in [0.1, 0.15) is 24.0 Å². The van der Waals surface area contributed by atoms with E-state index in [9.17, 15) is 13.2 Å². The Labute approximate surface area is 174 Å². The highest BCUT2D eigenvalue weighted by molar-refractivity contribution is 7.91. The molecule has 0 aliphatic carbocycles. The molecule has 0 spiro atoms. The second kappa shape index (κ2) is 7.14. The number of ketones is 1. The lowest BCUT2D eigenvalue weighted by atomic mass is 10.0. The fraction of sp³-hybridized carbons (Fsp3) is 0.318. The standard InChI is InChI=1S/C22H21NO6S/c1-27-16-4-2-14(3-5-16)10-20-21(24)17-6-7-19-18(22(17)29-20)11-23(13-28-19)15-8-9-30(25,26)12-15/h2-7,10,15H,8-9,11-13H2,1H3. The smallest absolute Gasteiger partial charge is 0.231 e. The van der Waals surface area contributed by atoms with Crippen molar-refractivity contribution in [1.29, 1.82) is 0 Å². The molecule has 1 saturated heterocycles. The number of nitrogens with zero attached hydrogens (tertiary/aromatic N) is 1. The summed E-state index contributed by atoms with van der Waals surface area (Å²) in [5, 5.41) is 0. The molecule has 156 valence electrons. The molecule has 2 aromatic rings. The van der Waals surface area contributed by atoms with E-state index in [0.717, 1.165) is 16.9 Å². The maximum atomic E-state index is 12.9. The largest absolute Gasteiger partial charge is 0.497 e. The summed E-state index contributed by atoms with van der Waals surface area (Å²) >= 11 is 0. The number of sulfone groups is 1. The highest BCUT2D eigenvalue weighted by atomic mass is 32.2. The molecule has 1 atom stereocenters. The number of ether oxygens (including phenoxy) is 3. The minimum atomic E-state index is -2.99. The van der Waals surface area contributed by atoms with E-state index in [-0.39, 0.29) is 29.1 Å². The van der Waals surface area contributed by atoms with Crippen molar-refractivity contribution in [3.8, 4) is 17.2 Å². The van der Waals surface area contributed by atoms with Crippen molar-refractivity contribution in [3.05, 3.63) is 58.8 Å². The summed E-state index contributed by atoms with van der Waals surface area (Å²) in [6.07, 6.45) is 2.30. The van der Waals surface area contributed by atoms with E-state index in [1.807, 2.05) is 29.2 Å². The molecule has 0 aromatic heterocycles. The molecular formula is C22H21NO6S. The highest BCUT2D eigenvalue weighted by Crippen LogP contribution is 2.42. The monoisotopic (exact) mass is 427 g/mol. The second-order valence-electron chi connectivity index (χ2n) is 7.71. The van der Waals surface area contributed by atoms with E-state index in [1.165, 1.54) is 0 Å². The average molecular weight is 427 g/mol. The number of hydrogen-bond acceptors (Lipinski definition) is 7. The van der Waals surface area contributed by atoms with Crippen LogP contribution in [0, 0.1) is 0 Å². The lowest BCUT2D eigenvalue weighted by Crippen LogP contribution is -2.41. The summed E-state index contributed by atoms with van der Waals surface area (Å²) in [4.78, 5) is 14.9. The molecule has 30 heavy (non-hydrogen) atoms. The summed E-state index contributed by atoms with van der Waals surface area (Å²) in [6, 6.07) is 10.8. The van der Waals surface area contributed by atoms with Crippen LogP contribution in [-0.2, 0) is 16.4 Å². The SMILES string of the molecule is COc1ccc(C=C2Oc3c(ccc4c3CN(C3CCS(=O)(=O)C3)CO4)C2=O)cc1. The van der Waals surface area contributed by atoms with Gasteiger partial charge in [0, 0.05) is 12.6 Å². The van der Waals surface area contributed by atoms with E-state index in [2.05, 4.69) is 0 Å². The van der Waals surface area contributed by atoms with Crippen LogP contribution < -0.4 is 14.2 Å². The summed E-state index contributed by atoms with van der Waals surface area (Å²) in [5.41, 5.74) is 2.11. The van der Waals surface area contributed by atoms with E-state index >= 15 is 0 Å². The van der Waals surface area contributed by atoms with Gasteiger partial charge < -0.3 is 14.2 Å². The van der Waals surface area contributed by atoms with Gasteiger partial charge in [0.05, 0.1) is 29.7 Å². The van der Waals surface area contributed by atoms with Crippen molar-refractivity contribution in [3.63, 3.8) is 0 Å². The number of rotatable bonds is 3. The predicted molar refractivity (Wildman–Crippen MR) is 110 cm³/mol. The van der Waals surface area contributed by atoms with Crippen LogP contribution in [0.5, 0.6) is 17.2 Å². The number of carbonyl (C=O) groups is 1. The zero-order valence-electron chi connectivity index (χ0n) is 16.5. The zero-order valence-corrected chi connectivity index (χ0v) is 17.3. The van der Waals surface area contributed by atoms with E-state index in [0.29, 0.717) is 36.8 Å². The summed E-state index contributed by atoms with van der Waals surface area (Å²) < 4.78 is 40.7. The molecule has 3 aliphatic heterocycles. The van der Waals surface area contributed by atoms with Gasteiger partial charge in [0.2, 0.25) is 5.78 Å². The van der Waals surface area contributed by atoms with Crippen molar-refractivity contribution in [2.75, 3.05) is 25.3 Å². The lowest BCUT2D eigenvalue weighted by Gasteiger charge is -2.33. The van der Waals surface area contributed by atoms with Gasteiger partial charge in [-0.15, -0.1) is 0 Å². The molecule has 5 rings (SSSR count). The molecule has 7 nitrogen and oxygen atoms in total. The lowest BCUT2D eigenvalue weighted by molar-refractivity contribution is 0.0634. The van der Waals surface area contributed by atoms with Gasteiger partial charge in [-0.05, 0) is 42.3 Å². The summed E-state index contributed by atoms with van der Waals surface area (Å²) in [5.74, 6) is 2.33. The normalized spacial score (nSPS) is 23.6. The first kappa shape index (κ1) is 19.1. The van der Waals surface area contributed by atoms with Crippen molar-refractivity contribution in [2.24, 2.45) is 0 Å². The van der Waals surface area contributed by atoms with Crippen molar-refractivity contribution in [1.82, 2.24) is 4.90 Å². The summed E-state index contributed by atoms with van der Waals surface area (Å²) in [7, 11) is -1.39. The fourth-order valence-electron chi connectivity index (χ4n) is 4.12. The molecule has 3 aliphatic rings. The van der Waals surface area contributed by atoms with Gasteiger partial charge in [-0.3, -0.25) is 9.69 Å². The fourth-order valence-corrected chi connectivity index (χ4v) is 5.89. The first-order chi connectivity index (χ1) is 14.4. The molecule has 1 unspecified atom stereocenters. The molecule has 0 amide bonds. The van der Waals surface area contributed by atoms with Crippen molar-refractivity contribution >= 4 is 21.7 Å². The topological polar surface area (TPSA) is 82.1 Å². The van der Waals surface area contributed by atoms with Crippen LogP contribution in [0.3, 0.4) is 0 Å². The Morgan fingerprint density at radius 1 is 1.17 bits per heavy atom. The molecule has 0 radical (unpaired) electrons. The van der Waals surface area contributed by atoms with E-state index in [4.69, 9.17) is 14.2 Å². The third-order valence-corrected chi connectivity index (χ3v) is 7.53. The Morgan fingerprint density at radius 2 is 1.97 bits per heavy atom. The van der Waals surface area contributed by atoms with Crippen molar-refractivity contribution in [2.45, 2.75) is 19.0 Å². The Morgan fingerprint density at radius 3 is 2.67 bits per heavy atom. The third-order valence-electron chi connectivity index (χ3n) is 5.78. The number of allylic oxidation sites excluding steroid dienone is 1. The van der Waals surface area contributed by atoms with E-state index in [1.54, 1.807) is 25.3 Å². The number of carbonyl (C=O) groups excluding carboxylic acids is 1. The van der Waals surface area contributed by atoms with Crippen LogP contribution >= 0.6 is 0 Å². The second-order valence-corrected chi connectivity index (χ2v) is 9.94. The maximum absolute atomic E-state index is 12.9. The highest BCUT2D eigenvalue weighted by Gasteiger charge is 2.38. The third kappa shape index (κ3) is 3.36. The Kier molecular flexibility index (Phi) is 4.56. The van der Waals surface area contributed by atoms with Crippen LogP contribution in [0.2, 0.25) is 0 Å².